The van der Waals surface area contributed by atoms with Crippen LogP contribution in [0.3, 0.4) is 0 Å². The Kier molecular flexibility index (Phi) is 3.74. The van der Waals surface area contributed by atoms with Crippen LogP contribution in [-0.2, 0) is 13.0 Å². The van der Waals surface area contributed by atoms with E-state index < -0.39 is 5.91 Å². The van der Waals surface area contributed by atoms with Crippen molar-refractivity contribution in [2.24, 2.45) is 5.73 Å². The van der Waals surface area contributed by atoms with Gasteiger partial charge in [0.05, 0.1) is 17.8 Å². The van der Waals surface area contributed by atoms with Crippen molar-refractivity contribution in [2.45, 2.75) is 13.0 Å². The average molecular weight is 333 g/mol. The first kappa shape index (κ1) is 15.1. The van der Waals surface area contributed by atoms with Gasteiger partial charge in [0, 0.05) is 6.54 Å². The Morgan fingerprint density at radius 2 is 1.96 bits per heavy atom. The van der Waals surface area contributed by atoms with Gasteiger partial charge < -0.3 is 10.2 Å². The number of benzene rings is 1. The summed E-state index contributed by atoms with van der Waals surface area (Å²) in [5.74, 6) is -0.205. The Hall–Kier alpha value is -3.48. The van der Waals surface area contributed by atoms with Gasteiger partial charge in [-0.15, -0.1) is 0 Å². The molecule has 4 aromatic rings. The van der Waals surface area contributed by atoms with E-state index in [0.29, 0.717) is 29.0 Å². The number of amides is 1. The fourth-order valence-electron chi connectivity index (χ4n) is 2.71. The minimum absolute atomic E-state index is 0.0552. The normalized spacial score (nSPS) is 11.0. The molecule has 0 saturated carbocycles. The molecule has 1 amide bonds. The summed E-state index contributed by atoms with van der Waals surface area (Å²) in [4.78, 5) is 20.1. The molecule has 0 unspecified atom stereocenters. The van der Waals surface area contributed by atoms with Gasteiger partial charge in [-0.05, 0) is 24.1 Å². The smallest absolute Gasteiger partial charge is 0.286 e. The Bertz CT molecular complexity index is 1020. The maximum absolute atomic E-state index is 11.6. The lowest BCUT2D eigenvalue weighted by Gasteiger charge is -2.05. The van der Waals surface area contributed by atoms with E-state index in [-0.39, 0.29) is 5.82 Å². The van der Waals surface area contributed by atoms with E-state index >= 15 is 0 Å². The van der Waals surface area contributed by atoms with Gasteiger partial charge in [0.1, 0.15) is 5.69 Å². The van der Waals surface area contributed by atoms with Crippen molar-refractivity contribution in [3.8, 4) is 11.5 Å². The molecule has 3 heterocycles. The number of carbonyl (C=O) groups excluding carboxylic acids is 1. The van der Waals surface area contributed by atoms with Gasteiger partial charge in [0.15, 0.2) is 11.4 Å². The third kappa shape index (κ3) is 2.87. The number of rotatable bonds is 5. The zero-order chi connectivity index (χ0) is 17.2. The van der Waals surface area contributed by atoms with Crippen LogP contribution in [0.4, 0.5) is 0 Å². The lowest BCUT2D eigenvalue weighted by Crippen LogP contribution is -2.16. The zero-order valence-electron chi connectivity index (χ0n) is 13.3. The Balaban J connectivity index is 1.77. The summed E-state index contributed by atoms with van der Waals surface area (Å²) in [6.07, 6.45) is 4.03. The van der Waals surface area contributed by atoms with E-state index in [1.54, 1.807) is 29.3 Å². The Morgan fingerprint density at radius 3 is 2.68 bits per heavy atom. The third-order valence-electron chi connectivity index (χ3n) is 3.93. The quantitative estimate of drug-likeness (QED) is 0.604. The van der Waals surface area contributed by atoms with Crippen molar-refractivity contribution in [1.29, 1.82) is 0 Å². The highest BCUT2D eigenvalue weighted by Crippen LogP contribution is 2.26. The van der Waals surface area contributed by atoms with Crippen molar-refractivity contribution < 1.29 is 9.21 Å². The average Bonchev–Trinajstić information content (AvgIpc) is 3.30. The summed E-state index contributed by atoms with van der Waals surface area (Å²) in [5.41, 5.74) is 7.65. The van der Waals surface area contributed by atoms with Crippen LogP contribution in [0.1, 0.15) is 16.2 Å². The minimum atomic E-state index is -0.689. The van der Waals surface area contributed by atoms with Crippen LogP contribution in [0.25, 0.3) is 22.5 Å². The van der Waals surface area contributed by atoms with Crippen molar-refractivity contribution in [2.75, 3.05) is 0 Å². The molecule has 0 radical (unpaired) electrons. The molecule has 3 aromatic heterocycles. The van der Waals surface area contributed by atoms with Crippen LogP contribution in [0.5, 0.6) is 0 Å². The predicted octanol–water partition coefficient (Wildman–Crippen LogP) is 2.43. The van der Waals surface area contributed by atoms with Gasteiger partial charge in [-0.25, -0.2) is 14.6 Å². The fraction of sp³-hybridized carbons (Fsp3) is 0.111. The second-order valence-electron chi connectivity index (χ2n) is 5.58. The monoisotopic (exact) mass is 333 g/mol. The van der Waals surface area contributed by atoms with E-state index in [2.05, 4.69) is 27.2 Å². The first-order valence-corrected chi connectivity index (χ1v) is 7.83. The summed E-state index contributed by atoms with van der Waals surface area (Å²) in [5, 5.41) is 5.12. The number of hydrogen-bond acceptors (Lipinski definition) is 5. The molecule has 25 heavy (non-hydrogen) atoms. The molecule has 0 aliphatic heterocycles. The number of furan rings is 1. The summed E-state index contributed by atoms with van der Waals surface area (Å²) in [7, 11) is 0. The van der Waals surface area contributed by atoms with Crippen molar-refractivity contribution in [3.05, 3.63) is 66.3 Å². The maximum Gasteiger partial charge on any atom is 0.286 e. The predicted molar refractivity (Wildman–Crippen MR) is 91.7 cm³/mol. The third-order valence-corrected chi connectivity index (χ3v) is 3.93. The molecule has 0 saturated heterocycles. The van der Waals surface area contributed by atoms with E-state index in [4.69, 9.17) is 10.2 Å². The lowest BCUT2D eigenvalue weighted by atomic mass is 10.1. The zero-order valence-corrected chi connectivity index (χ0v) is 13.3. The number of primary amides is 1. The number of nitrogens with two attached hydrogens (primary N) is 1. The van der Waals surface area contributed by atoms with E-state index in [1.807, 2.05) is 18.2 Å². The number of carbonyl (C=O) groups is 1. The Morgan fingerprint density at radius 1 is 1.12 bits per heavy atom. The molecule has 124 valence electrons. The first-order chi connectivity index (χ1) is 12.2. The molecule has 4 rings (SSSR count). The van der Waals surface area contributed by atoms with Crippen LogP contribution in [0.15, 0.2) is 59.3 Å². The van der Waals surface area contributed by atoms with Crippen molar-refractivity contribution >= 4 is 16.9 Å². The molecular formula is C18H15N5O2. The molecule has 0 bridgehead atoms. The molecule has 0 aliphatic rings. The molecule has 1 aromatic carbocycles. The molecule has 2 N–H and O–H groups in total. The summed E-state index contributed by atoms with van der Waals surface area (Å²) in [6, 6.07) is 13.6. The van der Waals surface area contributed by atoms with Crippen LogP contribution in [0, 0.1) is 0 Å². The summed E-state index contributed by atoms with van der Waals surface area (Å²) >= 11 is 0. The summed E-state index contributed by atoms with van der Waals surface area (Å²) < 4.78 is 7.17. The van der Waals surface area contributed by atoms with Crippen LogP contribution in [0.2, 0.25) is 0 Å². The van der Waals surface area contributed by atoms with Crippen LogP contribution in [-0.4, -0.2) is 25.7 Å². The molecule has 0 aliphatic carbocycles. The number of aromatic nitrogens is 4. The van der Waals surface area contributed by atoms with Crippen LogP contribution >= 0.6 is 0 Å². The minimum Gasteiger partial charge on any atom is -0.463 e. The molecule has 0 fully saturated rings. The lowest BCUT2D eigenvalue weighted by molar-refractivity contribution is 0.0991. The van der Waals surface area contributed by atoms with Crippen LogP contribution < -0.4 is 5.73 Å². The van der Waals surface area contributed by atoms with Crippen molar-refractivity contribution in [3.63, 3.8) is 0 Å². The molecular weight excluding hydrogens is 318 g/mol. The molecule has 0 atom stereocenters. The number of aryl methyl sites for hydroxylation is 2. The van der Waals surface area contributed by atoms with Gasteiger partial charge in [-0.2, -0.15) is 5.10 Å². The SMILES string of the molecule is NC(=O)c1nc(-c2ccco2)c2cnn(CCc3ccccc3)c2n1. The standard InChI is InChI=1S/C18H15N5O2/c19-16(24)17-21-15(14-7-4-10-25-14)13-11-20-23(18(13)22-17)9-8-12-5-2-1-3-6-12/h1-7,10-11H,8-9H2,(H2,19,24). The maximum atomic E-state index is 11.6. The van der Waals surface area contributed by atoms with E-state index in [9.17, 15) is 4.79 Å². The molecule has 7 nitrogen and oxygen atoms in total. The largest absolute Gasteiger partial charge is 0.463 e. The number of hydrogen-bond donors (Lipinski definition) is 1. The second-order valence-corrected chi connectivity index (χ2v) is 5.58. The Labute approximate surface area is 143 Å². The second kappa shape index (κ2) is 6.20. The fourth-order valence-corrected chi connectivity index (χ4v) is 2.71. The first-order valence-electron chi connectivity index (χ1n) is 7.83. The van der Waals surface area contributed by atoms with Gasteiger partial charge in [0.2, 0.25) is 5.82 Å². The number of fused-ring (bicyclic) bond motifs is 1. The molecule has 0 spiro atoms. The van der Waals surface area contributed by atoms with Gasteiger partial charge in [-0.3, -0.25) is 4.79 Å². The summed E-state index contributed by atoms with van der Waals surface area (Å²) in [6.45, 7) is 0.625. The topological polar surface area (TPSA) is 99.8 Å². The van der Waals surface area contributed by atoms with Gasteiger partial charge >= 0.3 is 0 Å². The highest BCUT2D eigenvalue weighted by molar-refractivity contribution is 5.95. The highest BCUT2D eigenvalue weighted by Gasteiger charge is 2.18. The van der Waals surface area contributed by atoms with Gasteiger partial charge in [-0.1, -0.05) is 30.3 Å². The van der Waals surface area contributed by atoms with Crippen molar-refractivity contribution in [1.82, 2.24) is 19.7 Å². The van der Waals surface area contributed by atoms with Gasteiger partial charge in [0.25, 0.3) is 5.91 Å². The van der Waals surface area contributed by atoms with E-state index in [0.717, 1.165) is 6.42 Å². The highest BCUT2D eigenvalue weighted by atomic mass is 16.3. The molecule has 7 heteroatoms. The number of nitrogens with zero attached hydrogens (tertiary/aromatic N) is 4. The van der Waals surface area contributed by atoms with E-state index in [1.165, 1.54) is 5.56 Å².